The lowest BCUT2D eigenvalue weighted by Gasteiger charge is -2.34. The average molecular weight is 435 g/mol. The number of halogens is 2. The molecule has 1 fully saturated rings. The Morgan fingerprint density at radius 3 is 2.33 bits per heavy atom. The molecule has 0 aromatic heterocycles. The molecule has 2 aromatic carbocycles. The van der Waals surface area contributed by atoms with Gasteiger partial charge in [0.1, 0.15) is 10.8 Å². The van der Waals surface area contributed by atoms with Crippen molar-refractivity contribution in [2.45, 2.75) is 0 Å². The largest absolute Gasteiger partial charge is 0.351 e. The zero-order chi connectivity index (χ0) is 21.7. The second kappa shape index (κ2) is 9.64. The molecule has 0 spiro atoms. The molecule has 158 valence electrons. The molecule has 30 heavy (non-hydrogen) atoms. The number of hydrogen-bond acceptors (Lipinski definition) is 5. The smallest absolute Gasteiger partial charge is 0.288 e. The zero-order valence-electron chi connectivity index (χ0n) is 16.0. The lowest BCUT2D eigenvalue weighted by molar-refractivity contribution is -0.384. The number of rotatable bonds is 6. The van der Waals surface area contributed by atoms with Gasteiger partial charge in [-0.1, -0.05) is 11.6 Å². The number of nitro benzene ring substituents is 1. The molecule has 1 aliphatic heterocycles. The topological polar surface area (TPSA) is 95.8 Å². The highest BCUT2D eigenvalue weighted by molar-refractivity contribution is 6.32. The first-order chi connectivity index (χ1) is 14.3. The molecule has 2 aromatic rings. The first-order valence-electron chi connectivity index (χ1n) is 9.34. The maximum atomic E-state index is 12.9. The number of carbonyl (C=O) groups is 2. The minimum Gasteiger partial charge on any atom is -0.351 e. The van der Waals surface area contributed by atoms with Gasteiger partial charge in [-0.05, 0) is 36.4 Å². The van der Waals surface area contributed by atoms with Crippen LogP contribution in [0.25, 0.3) is 0 Å². The van der Waals surface area contributed by atoms with E-state index in [9.17, 15) is 24.1 Å². The Bertz CT molecular complexity index is 946. The van der Waals surface area contributed by atoms with E-state index >= 15 is 0 Å². The number of benzene rings is 2. The fraction of sp³-hybridized carbons (Fsp3) is 0.300. The molecular weight excluding hydrogens is 415 g/mol. The van der Waals surface area contributed by atoms with Gasteiger partial charge in [0.2, 0.25) is 0 Å². The van der Waals surface area contributed by atoms with Crippen LogP contribution in [-0.4, -0.2) is 65.8 Å². The molecule has 1 heterocycles. The van der Waals surface area contributed by atoms with E-state index in [2.05, 4.69) is 10.2 Å². The van der Waals surface area contributed by atoms with Crippen molar-refractivity contribution in [1.29, 1.82) is 0 Å². The van der Waals surface area contributed by atoms with Gasteiger partial charge in [0.25, 0.3) is 17.5 Å². The van der Waals surface area contributed by atoms with Gasteiger partial charge in [-0.3, -0.25) is 24.6 Å². The van der Waals surface area contributed by atoms with Crippen LogP contribution >= 0.6 is 11.6 Å². The SMILES string of the molecule is O=C(NCCN1CCN(C(=O)c2ccc(Cl)c([N+](=O)[O-])c2)CC1)c1ccc(F)cc1. The maximum absolute atomic E-state index is 12.9. The minimum absolute atomic E-state index is 0.0101. The molecule has 0 unspecified atom stereocenters. The Morgan fingerprint density at radius 1 is 1.07 bits per heavy atom. The highest BCUT2D eigenvalue weighted by Gasteiger charge is 2.24. The van der Waals surface area contributed by atoms with E-state index in [1.807, 2.05) is 0 Å². The normalized spacial score (nSPS) is 14.4. The summed E-state index contributed by atoms with van der Waals surface area (Å²) in [5.41, 5.74) is 0.327. The highest BCUT2D eigenvalue weighted by atomic mass is 35.5. The number of carbonyl (C=O) groups excluding carboxylic acids is 2. The van der Waals surface area contributed by atoms with Crippen molar-refractivity contribution in [3.05, 3.63) is 74.5 Å². The van der Waals surface area contributed by atoms with Crippen molar-refractivity contribution in [3.63, 3.8) is 0 Å². The third-order valence-corrected chi connectivity index (χ3v) is 5.19. The average Bonchev–Trinajstić information content (AvgIpc) is 2.74. The molecule has 1 N–H and O–H groups in total. The Balaban J connectivity index is 1.46. The van der Waals surface area contributed by atoms with Crippen LogP contribution in [-0.2, 0) is 0 Å². The predicted molar refractivity (Wildman–Crippen MR) is 109 cm³/mol. The van der Waals surface area contributed by atoms with Crippen molar-refractivity contribution in [2.24, 2.45) is 0 Å². The van der Waals surface area contributed by atoms with Gasteiger partial charge in [-0.2, -0.15) is 0 Å². The molecule has 0 saturated carbocycles. The Labute approximate surface area is 177 Å². The molecule has 0 radical (unpaired) electrons. The van der Waals surface area contributed by atoms with E-state index in [0.717, 1.165) is 0 Å². The predicted octanol–water partition coefficient (Wildman–Crippen LogP) is 2.58. The van der Waals surface area contributed by atoms with Gasteiger partial charge < -0.3 is 10.2 Å². The van der Waals surface area contributed by atoms with Crippen molar-refractivity contribution < 1.29 is 18.9 Å². The second-order valence-electron chi connectivity index (χ2n) is 6.82. The van der Waals surface area contributed by atoms with E-state index in [-0.39, 0.29) is 28.1 Å². The summed E-state index contributed by atoms with van der Waals surface area (Å²) in [6, 6.07) is 9.36. The molecule has 10 heteroatoms. The molecule has 0 aliphatic carbocycles. The second-order valence-corrected chi connectivity index (χ2v) is 7.23. The summed E-state index contributed by atoms with van der Waals surface area (Å²) in [7, 11) is 0. The van der Waals surface area contributed by atoms with Crippen LogP contribution in [0.3, 0.4) is 0 Å². The summed E-state index contributed by atoms with van der Waals surface area (Å²) >= 11 is 5.80. The summed E-state index contributed by atoms with van der Waals surface area (Å²) in [6.07, 6.45) is 0. The maximum Gasteiger partial charge on any atom is 0.288 e. The van der Waals surface area contributed by atoms with E-state index in [0.29, 0.717) is 44.8 Å². The third-order valence-electron chi connectivity index (χ3n) is 4.87. The lowest BCUT2D eigenvalue weighted by atomic mass is 10.1. The van der Waals surface area contributed by atoms with Crippen LogP contribution in [0.15, 0.2) is 42.5 Å². The summed E-state index contributed by atoms with van der Waals surface area (Å²) in [4.78, 5) is 38.8. The molecule has 0 atom stereocenters. The van der Waals surface area contributed by atoms with E-state index in [1.54, 1.807) is 4.90 Å². The number of nitrogens with zero attached hydrogens (tertiary/aromatic N) is 3. The van der Waals surface area contributed by atoms with Crippen LogP contribution in [0.4, 0.5) is 10.1 Å². The Morgan fingerprint density at radius 2 is 1.70 bits per heavy atom. The fourth-order valence-corrected chi connectivity index (χ4v) is 3.36. The van der Waals surface area contributed by atoms with E-state index < -0.39 is 10.7 Å². The number of nitrogens with one attached hydrogen (secondary N) is 1. The molecule has 1 aliphatic rings. The summed E-state index contributed by atoms with van der Waals surface area (Å²) in [5, 5.41) is 13.8. The Kier molecular flexibility index (Phi) is 6.96. The van der Waals surface area contributed by atoms with E-state index in [1.165, 1.54) is 42.5 Å². The Hall–Kier alpha value is -3.04. The summed E-state index contributed by atoms with van der Waals surface area (Å²) in [6.45, 7) is 3.22. The molecule has 1 saturated heterocycles. The summed E-state index contributed by atoms with van der Waals surface area (Å²) < 4.78 is 12.9. The van der Waals surface area contributed by atoms with Gasteiger partial charge in [0.05, 0.1) is 4.92 Å². The number of hydrogen-bond donors (Lipinski definition) is 1. The van der Waals surface area contributed by atoms with Crippen molar-refractivity contribution in [1.82, 2.24) is 15.1 Å². The molecule has 0 bridgehead atoms. The molecular formula is C20H20ClFN4O4. The van der Waals surface area contributed by atoms with Gasteiger partial charge in [-0.15, -0.1) is 0 Å². The van der Waals surface area contributed by atoms with Crippen LogP contribution in [0.2, 0.25) is 5.02 Å². The molecule has 8 nitrogen and oxygen atoms in total. The van der Waals surface area contributed by atoms with E-state index in [4.69, 9.17) is 11.6 Å². The fourth-order valence-electron chi connectivity index (χ4n) is 3.17. The van der Waals surface area contributed by atoms with Crippen LogP contribution in [0, 0.1) is 15.9 Å². The number of nitro groups is 1. The lowest BCUT2D eigenvalue weighted by Crippen LogP contribution is -2.50. The van der Waals surface area contributed by atoms with Gasteiger partial charge in [0.15, 0.2) is 0 Å². The van der Waals surface area contributed by atoms with Gasteiger partial charge in [0, 0.05) is 56.5 Å². The first-order valence-corrected chi connectivity index (χ1v) is 9.72. The van der Waals surface area contributed by atoms with Crippen LogP contribution in [0.5, 0.6) is 0 Å². The van der Waals surface area contributed by atoms with Crippen LogP contribution in [0.1, 0.15) is 20.7 Å². The molecule has 3 rings (SSSR count). The number of piperazine rings is 1. The quantitative estimate of drug-likeness (QED) is 0.557. The minimum atomic E-state index is -0.614. The zero-order valence-corrected chi connectivity index (χ0v) is 16.8. The highest BCUT2D eigenvalue weighted by Crippen LogP contribution is 2.25. The van der Waals surface area contributed by atoms with Gasteiger partial charge in [-0.25, -0.2) is 4.39 Å². The standard InChI is InChI=1S/C20H20ClFN4O4/c21-17-6-3-15(13-18(17)26(29)30)20(28)25-11-9-24(10-12-25)8-7-23-19(27)14-1-4-16(22)5-2-14/h1-6,13H,7-12H2,(H,23,27). The molecule has 2 amide bonds. The number of amides is 2. The van der Waals surface area contributed by atoms with Crippen molar-refractivity contribution in [2.75, 3.05) is 39.3 Å². The monoisotopic (exact) mass is 434 g/mol. The van der Waals surface area contributed by atoms with Gasteiger partial charge >= 0.3 is 0 Å². The van der Waals surface area contributed by atoms with Crippen molar-refractivity contribution in [3.8, 4) is 0 Å². The summed E-state index contributed by atoms with van der Waals surface area (Å²) in [5.74, 6) is -0.945. The first kappa shape index (κ1) is 21.7. The third kappa shape index (κ3) is 5.31. The van der Waals surface area contributed by atoms with Crippen molar-refractivity contribution >= 4 is 29.1 Å². The van der Waals surface area contributed by atoms with Crippen LogP contribution < -0.4 is 5.32 Å².